The first-order chi connectivity index (χ1) is 15.1. The van der Waals surface area contributed by atoms with Crippen molar-refractivity contribution in [2.75, 3.05) is 11.9 Å². The normalized spacial score (nSPS) is 11.2. The number of rotatable bonds is 8. The number of amides is 2. The van der Waals surface area contributed by atoms with Crippen molar-refractivity contribution in [3.63, 3.8) is 0 Å². The smallest absolute Gasteiger partial charge is 0.416 e. The third kappa shape index (κ3) is 6.69. The van der Waals surface area contributed by atoms with E-state index in [4.69, 9.17) is 22.1 Å². The Morgan fingerprint density at radius 1 is 1.16 bits per heavy atom. The fraction of sp³-hybridized carbons (Fsp3) is 0.190. The number of benzene rings is 2. The number of primary amides is 1. The Hall–Kier alpha value is -3.11. The summed E-state index contributed by atoms with van der Waals surface area (Å²) in [5.74, 6) is -0.465. The standard InChI is InChI=1S/C21H17ClF3N3O3S/c22-17-6-3-14(21(23,24)25)8-13(17)9-16-10-27-20(32-16)28-19(30)11-31-15-4-1-12(2-5-15)7-18(26)29/h1-6,8,10H,7,9,11H2,(H2,26,29)(H,27,28,30). The lowest BCUT2D eigenvalue weighted by atomic mass is 10.1. The van der Waals surface area contributed by atoms with Crippen molar-refractivity contribution in [1.29, 1.82) is 0 Å². The molecule has 3 aromatic rings. The summed E-state index contributed by atoms with van der Waals surface area (Å²) in [5, 5.41) is 3.08. The molecule has 0 spiro atoms. The molecular weight excluding hydrogens is 467 g/mol. The lowest BCUT2D eigenvalue weighted by molar-refractivity contribution is -0.137. The third-order valence-corrected chi connectivity index (χ3v) is 5.49. The summed E-state index contributed by atoms with van der Waals surface area (Å²) in [4.78, 5) is 27.7. The molecule has 2 aromatic carbocycles. The van der Waals surface area contributed by atoms with Crippen molar-refractivity contribution in [2.24, 2.45) is 5.73 Å². The van der Waals surface area contributed by atoms with Gasteiger partial charge >= 0.3 is 6.18 Å². The Balaban J connectivity index is 1.55. The largest absolute Gasteiger partial charge is 0.484 e. The van der Waals surface area contributed by atoms with Gasteiger partial charge in [-0.25, -0.2) is 4.98 Å². The second-order valence-corrected chi connectivity index (χ2v) is 8.26. The van der Waals surface area contributed by atoms with Gasteiger partial charge in [0.1, 0.15) is 5.75 Å². The summed E-state index contributed by atoms with van der Waals surface area (Å²) in [7, 11) is 0. The number of nitrogens with zero attached hydrogens (tertiary/aromatic N) is 1. The number of alkyl halides is 3. The molecule has 0 saturated heterocycles. The second-order valence-electron chi connectivity index (χ2n) is 6.74. The van der Waals surface area contributed by atoms with Crippen LogP contribution in [-0.2, 0) is 28.6 Å². The quantitative estimate of drug-likeness (QED) is 0.495. The molecule has 0 atom stereocenters. The van der Waals surface area contributed by atoms with E-state index >= 15 is 0 Å². The maximum absolute atomic E-state index is 12.9. The van der Waals surface area contributed by atoms with Gasteiger partial charge in [0.05, 0.1) is 12.0 Å². The van der Waals surface area contributed by atoms with E-state index in [1.165, 1.54) is 12.3 Å². The molecule has 3 rings (SSSR count). The van der Waals surface area contributed by atoms with Crippen LogP contribution >= 0.6 is 22.9 Å². The number of nitrogens with two attached hydrogens (primary N) is 1. The van der Waals surface area contributed by atoms with Crippen molar-refractivity contribution in [3.8, 4) is 5.75 Å². The van der Waals surface area contributed by atoms with Crippen LogP contribution in [-0.4, -0.2) is 23.4 Å². The summed E-state index contributed by atoms with van der Waals surface area (Å²) >= 11 is 7.15. The highest BCUT2D eigenvalue weighted by Crippen LogP contribution is 2.33. The average molecular weight is 484 g/mol. The number of hydrogen-bond acceptors (Lipinski definition) is 5. The minimum Gasteiger partial charge on any atom is -0.484 e. The van der Waals surface area contributed by atoms with E-state index in [2.05, 4.69) is 10.3 Å². The number of carbonyl (C=O) groups excluding carboxylic acids is 2. The van der Waals surface area contributed by atoms with Crippen LogP contribution in [0.2, 0.25) is 5.02 Å². The van der Waals surface area contributed by atoms with Crippen LogP contribution in [0.5, 0.6) is 5.75 Å². The van der Waals surface area contributed by atoms with Gasteiger partial charge < -0.3 is 10.5 Å². The van der Waals surface area contributed by atoms with Crippen LogP contribution < -0.4 is 15.8 Å². The fourth-order valence-corrected chi connectivity index (χ4v) is 3.77. The SMILES string of the molecule is NC(=O)Cc1ccc(OCC(=O)Nc2ncc(Cc3cc(C(F)(F)F)ccc3Cl)s2)cc1. The summed E-state index contributed by atoms with van der Waals surface area (Å²) in [6.07, 6.45) is -2.74. The lowest BCUT2D eigenvalue weighted by Gasteiger charge is -2.09. The molecule has 11 heteroatoms. The molecule has 0 radical (unpaired) electrons. The fourth-order valence-electron chi connectivity index (χ4n) is 2.73. The van der Waals surface area contributed by atoms with Crippen LogP contribution in [0.1, 0.15) is 21.6 Å². The molecule has 168 valence electrons. The van der Waals surface area contributed by atoms with Gasteiger partial charge in [-0.2, -0.15) is 13.2 Å². The average Bonchev–Trinajstić information content (AvgIpc) is 3.14. The van der Waals surface area contributed by atoms with Crippen LogP contribution in [0.3, 0.4) is 0 Å². The molecule has 0 fully saturated rings. The molecule has 3 N–H and O–H groups in total. The Morgan fingerprint density at radius 2 is 1.88 bits per heavy atom. The molecule has 0 aliphatic heterocycles. The number of carbonyl (C=O) groups is 2. The summed E-state index contributed by atoms with van der Waals surface area (Å²) in [6, 6.07) is 9.71. The highest BCUT2D eigenvalue weighted by Gasteiger charge is 2.30. The number of halogens is 4. The van der Waals surface area contributed by atoms with E-state index in [1.54, 1.807) is 24.3 Å². The highest BCUT2D eigenvalue weighted by atomic mass is 35.5. The number of hydrogen-bond donors (Lipinski definition) is 2. The molecule has 32 heavy (non-hydrogen) atoms. The Labute approximate surface area is 190 Å². The first kappa shape index (κ1) is 23.6. The minimum atomic E-state index is -4.46. The number of anilines is 1. The van der Waals surface area contributed by atoms with Gasteiger partial charge in [0.15, 0.2) is 11.7 Å². The van der Waals surface area contributed by atoms with E-state index in [9.17, 15) is 22.8 Å². The summed E-state index contributed by atoms with van der Waals surface area (Å²) in [6.45, 7) is -0.274. The predicted octanol–water partition coefficient (Wildman–Crippen LogP) is 4.45. The first-order valence-corrected chi connectivity index (χ1v) is 10.4. The lowest BCUT2D eigenvalue weighted by Crippen LogP contribution is -2.20. The van der Waals surface area contributed by atoms with Crippen LogP contribution in [0.15, 0.2) is 48.7 Å². The van der Waals surface area contributed by atoms with Crippen LogP contribution in [0.25, 0.3) is 0 Å². The predicted molar refractivity (Wildman–Crippen MR) is 115 cm³/mol. The van der Waals surface area contributed by atoms with Crippen molar-refractivity contribution in [2.45, 2.75) is 19.0 Å². The molecule has 1 aromatic heterocycles. The second kappa shape index (κ2) is 10.0. The van der Waals surface area contributed by atoms with Crippen molar-refractivity contribution in [3.05, 3.63) is 75.3 Å². The van der Waals surface area contributed by atoms with Crippen LogP contribution in [0.4, 0.5) is 18.3 Å². The molecule has 6 nitrogen and oxygen atoms in total. The monoisotopic (exact) mass is 483 g/mol. The molecule has 0 aliphatic rings. The van der Waals surface area contributed by atoms with Crippen molar-refractivity contribution < 1.29 is 27.5 Å². The third-order valence-electron chi connectivity index (χ3n) is 4.21. The Bertz CT molecular complexity index is 1120. The number of nitrogens with one attached hydrogen (secondary N) is 1. The number of aromatic nitrogens is 1. The van der Waals surface area contributed by atoms with E-state index in [1.807, 2.05) is 0 Å². The van der Waals surface area contributed by atoms with Gasteiger partial charge in [0.2, 0.25) is 5.91 Å². The van der Waals surface area contributed by atoms with E-state index in [-0.39, 0.29) is 29.6 Å². The molecule has 0 bridgehead atoms. The van der Waals surface area contributed by atoms with Crippen molar-refractivity contribution >= 4 is 39.9 Å². The van der Waals surface area contributed by atoms with Gasteiger partial charge in [-0.1, -0.05) is 23.7 Å². The number of thiazole rings is 1. The Morgan fingerprint density at radius 3 is 2.53 bits per heavy atom. The molecule has 2 amide bonds. The molecular formula is C21H17ClF3N3O3S. The van der Waals surface area contributed by atoms with Crippen molar-refractivity contribution in [1.82, 2.24) is 4.98 Å². The highest BCUT2D eigenvalue weighted by molar-refractivity contribution is 7.15. The topological polar surface area (TPSA) is 94.3 Å². The van der Waals surface area contributed by atoms with Gasteiger partial charge in [0.25, 0.3) is 5.91 Å². The first-order valence-electron chi connectivity index (χ1n) is 9.20. The minimum absolute atomic E-state index is 0.110. The Kier molecular flexibility index (Phi) is 7.37. The zero-order chi connectivity index (χ0) is 23.3. The van der Waals surface area contributed by atoms with E-state index in [0.29, 0.717) is 16.2 Å². The van der Waals surface area contributed by atoms with E-state index in [0.717, 1.165) is 29.0 Å². The summed E-state index contributed by atoms with van der Waals surface area (Å²) < 4.78 is 44.1. The molecule has 1 heterocycles. The number of ether oxygens (including phenoxy) is 1. The molecule has 0 aliphatic carbocycles. The van der Waals surface area contributed by atoms with Gasteiger partial charge in [-0.3, -0.25) is 14.9 Å². The van der Waals surface area contributed by atoms with Gasteiger partial charge in [-0.15, -0.1) is 11.3 Å². The van der Waals surface area contributed by atoms with Crippen LogP contribution in [0, 0.1) is 0 Å². The van der Waals surface area contributed by atoms with E-state index < -0.39 is 23.6 Å². The molecule has 0 saturated carbocycles. The maximum Gasteiger partial charge on any atom is 0.416 e. The maximum atomic E-state index is 12.9. The zero-order valence-corrected chi connectivity index (χ0v) is 18.0. The molecule has 0 unspecified atom stereocenters. The van der Waals surface area contributed by atoms with Gasteiger partial charge in [0, 0.05) is 22.5 Å². The summed E-state index contributed by atoms with van der Waals surface area (Å²) in [5.41, 5.74) is 5.39. The van der Waals surface area contributed by atoms with Gasteiger partial charge in [-0.05, 0) is 41.5 Å². The zero-order valence-electron chi connectivity index (χ0n) is 16.4.